The Morgan fingerprint density at radius 1 is 0.900 bits per heavy atom. The first-order chi connectivity index (χ1) is 14.8. The van der Waals surface area contributed by atoms with E-state index in [0.29, 0.717) is 28.0 Å². The lowest BCUT2D eigenvalue weighted by Gasteiger charge is -2.19. The minimum atomic E-state index is -0.739. The van der Waals surface area contributed by atoms with Crippen molar-refractivity contribution in [3.8, 4) is 17.1 Å². The van der Waals surface area contributed by atoms with Gasteiger partial charge in [-0.05, 0) is 17.7 Å². The molecule has 30 heavy (non-hydrogen) atoms. The van der Waals surface area contributed by atoms with Gasteiger partial charge in [-0.15, -0.1) is 10.2 Å². The standard InChI is InChI=1S/C23H17FN4OS/c24-18-12-6-4-10-16(18)21-25-19-13-7-5-11-17(19)20-22(29-21)26-23(28-27-20)30-14-15-8-2-1-3-9-15/h1-13,21,25H,14H2/t21-/m1/s1. The Kier molecular flexibility index (Phi) is 5.03. The number of nitrogens with zero attached hydrogens (tertiary/aromatic N) is 3. The Balaban J connectivity index is 1.52. The summed E-state index contributed by atoms with van der Waals surface area (Å²) in [6, 6.07) is 24.3. The van der Waals surface area contributed by atoms with Crippen molar-refractivity contribution in [2.75, 3.05) is 5.32 Å². The molecule has 0 saturated heterocycles. The maximum Gasteiger partial charge on any atom is 0.247 e. The smallest absolute Gasteiger partial charge is 0.247 e. The first-order valence-corrected chi connectivity index (χ1v) is 10.4. The van der Waals surface area contributed by atoms with Gasteiger partial charge in [0.2, 0.25) is 17.3 Å². The third-order valence-corrected chi connectivity index (χ3v) is 5.64. The Morgan fingerprint density at radius 2 is 1.67 bits per heavy atom. The van der Waals surface area contributed by atoms with E-state index in [1.165, 1.54) is 23.4 Å². The summed E-state index contributed by atoms with van der Waals surface area (Å²) < 4.78 is 20.6. The number of ether oxygens (including phenoxy) is 1. The molecule has 1 aromatic heterocycles. The fourth-order valence-corrected chi connectivity index (χ4v) is 3.99. The number of hydrogen-bond donors (Lipinski definition) is 1. The first-order valence-electron chi connectivity index (χ1n) is 9.46. The summed E-state index contributed by atoms with van der Waals surface area (Å²) in [4.78, 5) is 4.60. The van der Waals surface area contributed by atoms with Crippen LogP contribution in [0.2, 0.25) is 0 Å². The van der Waals surface area contributed by atoms with E-state index in [2.05, 4.69) is 32.6 Å². The molecule has 0 spiro atoms. The van der Waals surface area contributed by atoms with Crippen molar-refractivity contribution in [3.63, 3.8) is 0 Å². The largest absolute Gasteiger partial charge is 0.448 e. The van der Waals surface area contributed by atoms with Crippen LogP contribution in [0.25, 0.3) is 11.3 Å². The maximum atomic E-state index is 14.5. The van der Waals surface area contributed by atoms with Crippen molar-refractivity contribution in [1.82, 2.24) is 15.2 Å². The Morgan fingerprint density at radius 3 is 2.53 bits per heavy atom. The van der Waals surface area contributed by atoms with Crippen LogP contribution in [0.1, 0.15) is 17.4 Å². The van der Waals surface area contributed by atoms with Crippen LogP contribution < -0.4 is 10.1 Å². The molecule has 1 atom stereocenters. The van der Waals surface area contributed by atoms with E-state index in [4.69, 9.17) is 4.74 Å². The van der Waals surface area contributed by atoms with Crippen LogP contribution in [0.15, 0.2) is 84.0 Å². The summed E-state index contributed by atoms with van der Waals surface area (Å²) in [5.41, 5.74) is 3.69. The van der Waals surface area contributed by atoms with Crippen LogP contribution in [0.4, 0.5) is 10.1 Å². The Hall–Kier alpha value is -3.45. The lowest BCUT2D eigenvalue weighted by atomic mass is 10.1. The molecule has 0 radical (unpaired) electrons. The number of benzene rings is 3. The third-order valence-electron chi connectivity index (χ3n) is 4.73. The molecule has 3 aromatic carbocycles. The van der Waals surface area contributed by atoms with Gasteiger partial charge in [-0.2, -0.15) is 4.98 Å². The van der Waals surface area contributed by atoms with Gasteiger partial charge in [0.15, 0.2) is 5.69 Å². The lowest BCUT2D eigenvalue weighted by molar-refractivity contribution is 0.220. The molecule has 0 aliphatic carbocycles. The summed E-state index contributed by atoms with van der Waals surface area (Å²) in [6.07, 6.45) is -0.739. The van der Waals surface area contributed by atoms with Gasteiger partial charge < -0.3 is 10.1 Å². The van der Waals surface area contributed by atoms with Gasteiger partial charge >= 0.3 is 0 Å². The molecular formula is C23H17FN4OS. The summed E-state index contributed by atoms with van der Waals surface area (Å²) in [6.45, 7) is 0. The molecule has 0 amide bonds. The molecule has 2 heterocycles. The van der Waals surface area contributed by atoms with Crippen molar-refractivity contribution in [1.29, 1.82) is 0 Å². The van der Waals surface area contributed by atoms with E-state index in [9.17, 15) is 4.39 Å². The number of nitrogens with one attached hydrogen (secondary N) is 1. The van der Waals surface area contributed by atoms with Crippen molar-refractivity contribution in [3.05, 3.63) is 95.8 Å². The number of para-hydroxylation sites is 1. The number of rotatable bonds is 4. The van der Waals surface area contributed by atoms with Gasteiger partial charge in [0, 0.05) is 22.6 Å². The van der Waals surface area contributed by atoms with Crippen LogP contribution in [0.3, 0.4) is 0 Å². The minimum absolute atomic E-state index is 0.325. The fourth-order valence-electron chi connectivity index (χ4n) is 3.26. The number of anilines is 1. The second-order valence-corrected chi connectivity index (χ2v) is 7.67. The molecule has 7 heteroatoms. The van der Waals surface area contributed by atoms with Crippen LogP contribution >= 0.6 is 11.8 Å². The molecule has 0 unspecified atom stereocenters. The van der Waals surface area contributed by atoms with E-state index >= 15 is 0 Å². The highest BCUT2D eigenvalue weighted by Gasteiger charge is 2.27. The summed E-state index contributed by atoms with van der Waals surface area (Å²) in [7, 11) is 0. The summed E-state index contributed by atoms with van der Waals surface area (Å²) >= 11 is 1.48. The predicted octanol–water partition coefficient (Wildman–Crippen LogP) is 5.47. The van der Waals surface area contributed by atoms with E-state index in [1.807, 2.05) is 42.5 Å². The van der Waals surface area contributed by atoms with Gasteiger partial charge in [0.25, 0.3) is 0 Å². The normalized spacial score (nSPS) is 14.6. The highest BCUT2D eigenvalue weighted by Crippen LogP contribution is 2.39. The van der Waals surface area contributed by atoms with Gasteiger partial charge in [-0.1, -0.05) is 78.5 Å². The van der Waals surface area contributed by atoms with Crippen LogP contribution in [-0.4, -0.2) is 15.2 Å². The van der Waals surface area contributed by atoms with Crippen molar-refractivity contribution in [2.24, 2.45) is 0 Å². The number of halogens is 1. The van der Waals surface area contributed by atoms with Gasteiger partial charge in [-0.25, -0.2) is 4.39 Å². The fraction of sp³-hybridized carbons (Fsp3) is 0.0870. The first kappa shape index (κ1) is 18.6. The molecule has 0 saturated carbocycles. The molecule has 1 N–H and O–H groups in total. The molecule has 1 aliphatic rings. The SMILES string of the molecule is Fc1ccccc1[C@@H]1Nc2ccccc2-c2nnc(SCc3ccccc3)nc2O1. The second-order valence-electron chi connectivity index (χ2n) is 6.73. The van der Waals surface area contributed by atoms with Crippen LogP contribution in [-0.2, 0) is 5.75 Å². The molecule has 148 valence electrons. The second kappa shape index (κ2) is 8.12. The Bertz CT molecular complexity index is 1190. The highest BCUT2D eigenvalue weighted by molar-refractivity contribution is 7.98. The maximum absolute atomic E-state index is 14.5. The molecule has 5 rings (SSSR count). The zero-order chi connectivity index (χ0) is 20.3. The zero-order valence-electron chi connectivity index (χ0n) is 15.8. The zero-order valence-corrected chi connectivity index (χ0v) is 16.6. The Labute approximate surface area is 177 Å². The van der Waals surface area contributed by atoms with E-state index in [1.54, 1.807) is 18.2 Å². The number of aromatic nitrogens is 3. The quantitative estimate of drug-likeness (QED) is 0.445. The van der Waals surface area contributed by atoms with Crippen molar-refractivity contribution >= 4 is 17.4 Å². The van der Waals surface area contributed by atoms with Crippen molar-refractivity contribution < 1.29 is 9.13 Å². The highest BCUT2D eigenvalue weighted by atomic mass is 32.2. The molecule has 5 nitrogen and oxygen atoms in total. The summed E-state index contributed by atoms with van der Waals surface area (Å²) in [5, 5.41) is 12.4. The number of fused-ring (bicyclic) bond motifs is 3. The average Bonchev–Trinajstić information content (AvgIpc) is 2.95. The minimum Gasteiger partial charge on any atom is -0.448 e. The number of thioether (sulfide) groups is 1. The van der Waals surface area contributed by atoms with E-state index < -0.39 is 6.23 Å². The lowest BCUT2D eigenvalue weighted by Crippen LogP contribution is -2.18. The van der Waals surface area contributed by atoms with Gasteiger partial charge in [-0.3, -0.25) is 0 Å². The summed E-state index contributed by atoms with van der Waals surface area (Å²) in [5.74, 6) is 0.690. The molecule has 0 bridgehead atoms. The average molecular weight is 416 g/mol. The third kappa shape index (κ3) is 3.71. The predicted molar refractivity (Wildman–Crippen MR) is 115 cm³/mol. The monoisotopic (exact) mass is 416 g/mol. The van der Waals surface area contributed by atoms with Crippen molar-refractivity contribution in [2.45, 2.75) is 17.1 Å². The molecule has 4 aromatic rings. The van der Waals surface area contributed by atoms with Crippen LogP contribution in [0.5, 0.6) is 5.88 Å². The van der Waals surface area contributed by atoms with E-state index in [0.717, 1.165) is 11.3 Å². The van der Waals surface area contributed by atoms with E-state index in [-0.39, 0.29) is 5.82 Å². The van der Waals surface area contributed by atoms with Gasteiger partial charge in [0.05, 0.1) is 0 Å². The van der Waals surface area contributed by atoms with Gasteiger partial charge in [0.1, 0.15) is 5.82 Å². The molecule has 0 fully saturated rings. The van der Waals surface area contributed by atoms with Crippen LogP contribution in [0, 0.1) is 5.82 Å². The molecule has 1 aliphatic heterocycles. The number of hydrogen-bond acceptors (Lipinski definition) is 6. The molecular weight excluding hydrogens is 399 g/mol. The topological polar surface area (TPSA) is 59.9 Å².